The van der Waals surface area contributed by atoms with E-state index < -0.39 is 11.8 Å². The fourth-order valence-electron chi connectivity index (χ4n) is 2.15. The highest BCUT2D eigenvalue weighted by Gasteiger charge is 2.12. The van der Waals surface area contributed by atoms with E-state index in [0.717, 1.165) is 6.07 Å². The topological polar surface area (TPSA) is 128 Å². The molecule has 0 saturated carbocycles. The zero-order valence-electron chi connectivity index (χ0n) is 13.3. The SMILES string of the molecule is N=C(/C=C(\NCc1ccccc1F)c1ccon1)c1nc(O)cc(O)n1. The van der Waals surface area contributed by atoms with Gasteiger partial charge in [-0.05, 0) is 12.1 Å². The molecule has 0 amide bonds. The lowest BCUT2D eigenvalue weighted by Gasteiger charge is -2.10. The first-order chi connectivity index (χ1) is 12.5. The second-order valence-electron chi connectivity index (χ2n) is 5.21. The summed E-state index contributed by atoms with van der Waals surface area (Å²) in [6, 6.07) is 8.80. The van der Waals surface area contributed by atoms with Crippen LogP contribution in [0.4, 0.5) is 4.39 Å². The molecule has 0 unspecified atom stereocenters. The average Bonchev–Trinajstić information content (AvgIpc) is 3.13. The molecule has 0 aliphatic heterocycles. The number of rotatable bonds is 6. The Bertz CT molecular complexity index is 937. The first-order valence-corrected chi connectivity index (χ1v) is 7.48. The van der Waals surface area contributed by atoms with Gasteiger partial charge in [0, 0.05) is 18.2 Å². The van der Waals surface area contributed by atoms with Crippen LogP contribution in [-0.4, -0.2) is 31.0 Å². The normalized spacial score (nSPS) is 11.3. The van der Waals surface area contributed by atoms with Gasteiger partial charge < -0.3 is 20.1 Å². The summed E-state index contributed by atoms with van der Waals surface area (Å²) in [4.78, 5) is 7.37. The van der Waals surface area contributed by atoms with Gasteiger partial charge in [-0.3, -0.25) is 5.41 Å². The molecule has 1 aromatic carbocycles. The third-order valence-electron chi connectivity index (χ3n) is 3.37. The first kappa shape index (κ1) is 17.1. The van der Waals surface area contributed by atoms with Gasteiger partial charge in [0.25, 0.3) is 0 Å². The highest BCUT2D eigenvalue weighted by Crippen LogP contribution is 2.16. The molecule has 8 nitrogen and oxygen atoms in total. The zero-order valence-corrected chi connectivity index (χ0v) is 13.3. The Morgan fingerprint density at radius 3 is 2.58 bits per heavy atom. The number of nitrogens with zero attached hydrogens (tertiary/aromatic N) is 3. The molecular formula is C17H14FN5O3. The van der Waals surface area contributed by atoms with Crippen LogP contribution in [0, 0.1) is 11.2 Å². The van der Waals surface area contributed by atoms with E-state index in [4.69, 9.17) is 9.93 Å². The first-order valence-electron chi connectivity index (χ1n) is 7.48. The summed E-state index contributed by atoms with van der Waals surface area (Å²) in [7, 11) is 0. The number of allylic oxidation sites excluding steroid dienone is 1. The van der Waals surface area contributed by atoms with Crippen LogP contribution < -0.4 is 5.32 Å². The third kappa shape index (κ3) is 4.01. The molecule has 0 fully saturated rings. The van der Waals surface area contributed by atoms with E-state index in [-0.39, 0.29) is 23.9 Å². The van der Waals surface area contributed by atoms with Crippen molar-refractivity contribution in [2.24, 2.45) is 0 Å². The van der Waals surface area contributed by atoms with Crippen LogP contribution >= 0.6 is 0 Å². The molecule has 0 spiro atoms. The largest absolute Gasteiger partial charge is 0.493 e. The predicted octanol–water partition coefficient (Wildman–Crippen LogP) is 2.21. The monoisotopic (exact) mass is 355 g/mol. The molecule has 4 N–H and O–H groups in total. The van der Waals surface area contributed by atoms with Crippen molar-refractivity contribution in [3.05, 3.63) is 71.6 Å². The Hall–Kier alpha value is -3.75. The van der Waals surface area contributed by atoms with Crippen molar-refractivity contribution >= 4 is 11.4 Å². The van der Waals surface area contributed by atoms with Crippen molar-refractivity contribution in [1.82, 2.24) is 20.4 Å². The molecule has 0 bridgehead atoms. The van der Waals surface area contributed by atoms with E-state index in [1.165, 1.54) is 18.4 Å². The summed E-state index contributed by atoms with van der Waals surface area (Å²) in [5, 5.41) is 33.7. The third-order valence-corrected chi connectivity index (χ3v) is 3.37. The van der Waals surface area contributed by atoms with E-state index >= 15 is 0 Å². The van der Waals surface area contributed by atoms with Crippen molar-refractivity contribution in [3.63, 3.8) is 0 Å². The van der Waals surface area contributed by atoms with Crippen LogP contribution in [-0.2, 0) is 6.54 Å². The predicted molar refractivity (Wildman–Crippen MR) is 89.9 cm³/mol. The van der Waals surface area contributed by atoms with Gasteiger partial charge in [0.1, 0.15) is 23.5 Å². The molecule has 2 heterocycles. The maximum absolute atomic E-state index is 13.8. The van der Waals surface area contributed by atoms with Crippen molar-refractivity contribution in [3.8, 4) is 11.8 Å². The Morgan fingerprint density at radius 1 is 1.19 bits per heavy atom. The second-order valence-corrected chi connectivity index (χ2v) is 5.21. The number of benzene rings is 1. The van der Waals surface area contributed by atoms with Gasteiger partial charge in [0.2, 0.25) is 11.8 Å². The number of aromatic nitrogens is 3. The van der Waals surface area contributed by atoms with Gasteiger partial charge in [-0.1, -0.05) is 23.4 Å². The van der Waals surface area contributed by atoms with Crippen LogP contribution in [0.1, 0.15) is 17.1 Å². The summed E-state index contributed by atoms with van der Waals surface area (Å²) in [6.07, 6.45) is 2.70. The fourth-order valence-corrected chi connectivity index (χ4v) is 2.15. The minimum absolute atomic E-state index is 0.144. The van der Waals surface area contributed by atoms with Crippen LogP contribution in [0.5, 0.6) is 11.8 Å². The molecule has 3 rings (SSSR count). The van der Waals surface area contributed by atoms with Crippen molar-refractivity contribution < 1.29 is 19.1 Å². The van der Waals surface area contributed by atoms with E-state index in [9.17, 15) is 14.6 Å². The molecule has 26 heavy (non-hydrogen) atoms. The molecule has 9 heteroatoms. The number of halogens is 1. The van der Waals surface area contributed by atoms with Crippen LogP contribution in [0.2, 0.25) is 0 Å². The van der Waals surface area contributed by atoms with Crippen LogP contribution in [0.25, 0.3) is 5.70 Å². The van der Waals surface area contributed by atoms with Gasteiger partial charge in [-0.2, -0.15) is 9.97 Å². The molecule has 132 valence electrons. The van der Waals surface area contributed by atoms with E-state index in [1.54, 1.807) is 24.3 Å². The lowest BCUT2D eigenvalue weighted by Crippen LogP contribution is -2.15. The summed E-state index contributed by atoms with van der Waals surface area (Å²) in [5.74, 6) is -1.48. The highest BCUT2D eigenvalue weighted by atomic mass is 19.1. The van der Waals surface area contributed by atoms with Crippen LogP contribution in [0.15, 0.2) is 53.3 Å². The molecule has 0 saturated heterocycles. The van der Waals surface area contributed by atoms with Crippen molar-refractivity contribution in [2.75, 3.05) is 0 Å². The molecule has 0 atom stereocenters. The smallest absolute Gasteiger partial charge is 0.218 e. The molecule has 0 aliphatic carbocycles. The Morgan fingerprint density at radius 2 is 1.92 bits per heavy atom. The molecule has 0 radical (unpaired) electrons. The second kappa shape index (κ2) is 7.43. The summed E-state index contributed by atoms with van der Waals surface area (Å²) in [6.45, 7) is 0.144. The maximum atomic E-state index is 13.8. The number of hydrogen-bond donors (Lipinski definition) is 4. The lowest BCUT2D eigenvalue weighted by atomic mass is 10.2. The van der Waals surface area contributed by atoms with Gasteiger partial charge in [-0.25, -0.2) is 4.39 Å². The van der Waals surface area contributed by atoms with E-state index in [1.807, 2.05) is 0 Å². The zero-order chi connectivity index (χ0) is 18.5. The Labute approximate surface area is 147 Å². The summed E-state index contributed by atoms with van der Waals surface area (Å²) < 4.78 is 18.6. The maximum Gasteiger partial charge on any atom is 0.218 e. The van der Waals surface area contributed by atoms with Crippen LogP contribution in [0.3, 0.4) is 0 Å². The van der Waals surface area contributed by atoms with Gasteiger partial charge in [0.15, 0.2) is 5.82 Å². The van der Waals surface area contributed by atoms with Crippen molar-refractivity contribution in [2.45, 2.75) is 6.54 Å². The number of nitrogens with one attached hydrogen (secondary N) is 2. The minimum Gasteiger partial charge on any atom is -0.493 e. The molecule has 3 aromatic rings. The quantitative estimate of drug-likeness (QED) is 0.499. The fraction of sp³-hybridized carbons (Fsp3) is 0.0588. The standard InChI is InChI=1S/C17H14FN5O3/c18-11-4-2-1-3-10(11)9-20-14(13-5-6-26-23-13)7-12(19)17-21-15(24)8-16(25)22-17/h1-8,19-20H,9H2,(H2,21,22,24,25)/b14-7-,19-12?. The van der Waals surface area contributed by atoms with E-state index in [0.29, 0.717) is 17.0 Å². The summed E-state index contributed by atoms with van der Waals surface area (Å²) in [5.41, 5.74) is 0.976. The Kier molecular flexibility index (Phi) is 4.88. The van der Waals surface area contributed by atoms with E-state index in [2.05, 4.69) is 20.4 Å². The Balaban J connectivity index is 1.87. The number of hydrogen-bond acceptors (Lipinski definition) is 8. The van der Waals surface area contributed by atoms with Crippen molar-refractivity contribution in [1.29, 1.82) is 5.41 Å². The summed E-state index contributed by atoms with van der Waals surface area (Å²) >= 11 is 0. The lowest BCUT2D eigenvalue weighted by molar-refractivity contribution is 0.417. The minimum atomic E-state index is -0.465. The van der Waals surface area contributed by atoms with Gasteiger partial charge in [-0.15, -0.1) is 0 Å². The average molecular weight is 355 g/mol. The highest BCUT2D eigenvalue weighted by molar-refractivity contribution is 6.07. The molecular weight excluding hydrogens is 341 g/mol. The van der Waals surface area contributed by atoms with Gasteiger partial charge >= 0.3 is 0 Å². The molecule has 2 aromatic heterocycles. The van der Waals surface area contributed by atoms with Gasteiger partial charge in [0.05, 0.1) is 11.8 Å². The number of aromatic hydroxyl groups is 2. The molecule has 0 aliphatic rings.